The first-order valence-electron chi connectivity index (χ1n) is 4.92. The Kier molecular flexibility index (Phi) is 4.01. The molecule has 92 valence electrons. The Morgan fingerprint density at radius 1 is 1.18 bits per heavy atom. The highest BCUT2D eigenvalue weighted by Gasteiger charge is 2.20. The monoisotopic (exact) mass is 255 g/mol. The van der Waals surface area contributed by atoms with Crippen LogP contribution < -0.4 is 5.32 Å². The largest absolute Gasteiger partial charge is 0.325 e. The number of hydrogen-bond donors (Lipinski definition) is 1. The van der Waals surface area contributed by atoms with Crippen LogP contribution in [-0.2, 0) is 19.4 Å². The van der Waals surface area contributed by atoms with Gasteiger partial charge in [0.2, 0.25) is 5.91 Å². The van der Waals surface area contributed by atoms with E-state index >= 15 is 0 Å². The molecule has 0 aliphatic rings. The predicted molar refractivity (Wildman–Crippen MR) is 63.5 cm³/mol. The van der Waals surface area contributed by atoms with Gasteiger partial charge in [0, 0.05) is 6.92 Å². The molecule has 0 spiro atoms. The summed E-state index contributed by atoms with van der Waals surface area (Å²) in [6, 6.07) is 5.99. The van der Waals surface area contributed by atoms with E-state index in [9.17, 15) is 18.0 Å². The third kappa shape index (κ3) is 3.67. The molecule has 0 heterocycles. The second-order valence-electron chi connectivity index (χ2n) is 3.64. The molecule has 1 aromatic carbocycles. The maximum atomic E-state index is 11.9. The number of carbonyl (C=O) groups is 2. The molecule has 0 saturated heterocycles. The molecule has 0 fully saturated rings. The van der Waals surface area contributed by atoms with E-state index in [-0.39, 0.29) is 16.5 Å². The number of anilines is 1. The summed E-state index contributed by atoms with van der Waals surface area (Å²) in [6.07, 6.45) is 0. The summed E-state index contributed by atoms with van der Waals surface area (Å²) in [5.41, 5.74) is 0.196. The van der Waals surface area contributed by atoms with Gasteiger partial charge in [0.1, 0.15) is 11.5 Å². The highest BCUT2D eigenvalue weighted by molar-refractivity contribution is 7.92. The van der Waals surface area contributed by atoms with Gasteiger partial charge in [-0.3, -0.25) is 9.59 Å². The highest BCUT2D eigenvalue weighted by atomic mass is 32.2. The molecular formula is C11H13NO4S. The summed E-state index contributed by atoms with van der Waals surface area (Å²) in [4.78, 5) is 21.8. The van der Waals surface area contributed by atoms with Crippen molar-refractivity contribution in [2.24, 2.45) is 0 Å². The summed E-state index contributed by atoms with van der Waals surface area (Å²) in [5.74, 6) is -1.37. The third-order valence-corrected chi connectivity index (χ3v) is 3.74. The predicted octanol–water partition coefficient (Wildman–Crippen LogP) is 1.01. The number of hydrogen-bond acceptors (Lipinski definition) is 4. The molecule has 0 radical (unpaired) electrons. The van der Waals surface area contributed by atoms with Crippen LogP contribution in [0.2, 0.25) is 0 Å². The number of carbonyl (C=O) groups excluding carboxylic acids is 2. The Morgan fingerprint density at radius 3 is 2.29 bits per heavy atom. The van der Waals surface area contributed by atoms with Crippen LogP contribution in [0.1, 0.15) is 13.8 Å². The van der Waals surface area contributed by atoms with Gasteiger partial charge < -0.3 is 5.32 Å². The molecule has 17 heavy (non-hydrogen) atoms. The first-order valence-corrected chi connectivity index (χ1v) is 6.57. The zero-order valence-corrected chi connectivity index (χ0v) is 10.4. The van der Waals surface area contributed by atoms with Crippen molar-refractivity contribution in [2.75, 3.05) is 11.1 Å². The van der Waals surface area contributed by atoms with Crippen LogP contribution in [0.4, 0.5) is 5.69 Å². The number of sulfone groups is 1. The van der Waals surface area contributed by atoms with E-state index < -0.39 is 21.4 Å². The van der Waals surface area contributed by atoms with Crippen molar-refractivity contribution in [3.05, 3.63) is 24.3 Å². The quantitative estimate of drug-likeness (QED) is 0.870. The Labute approximate surface area is 99.8 Å². The van der Waals surface area contributed by atoms with Gasteiger partial charge >= 0.3 is 0 Å². The second-order valence-corrected chi connectivity index (χ2v) is 5.60. The van der Waals surface area contributed by atoms with E-state index in [1.54, 1.807) is 12.1 Å². The van der Waals surface area contributed by atoms with Crippen molar-refractivity contribution in [3.8, 4) is 0 Å². The lowest BCUT2D eigenvalue weighted by atomic mass is 10.3. The number of rotatable bonds is 4. The Balaban J connectivity index is 3.21. The molecule has 0 bridgehead atoms. The zero-order chi connectivity index (χ0) is 13.1. The fourth-order valence-corrected chi connectivity index (χ4v) is 2.81. The molecule has 6 heteroatoms. The van der Waals surface area contributed by atoms with E-state index in [4.69, 9.17) is 0 Å². The fraction of sp³-hybridized carbons (Fsp3) is 0.273. The molecule has 0 atom stereocenters. The van der Waals surface area contributed by atoms with Crippen LogP contribution in [-0.4, -0.2) is 25.9 Å². The molecule has 0 aliphatic carbocycles. The van der Waals surface area contributed by atoms with Crippen LogP contribution >= 0.6 is 0 Å². The summed E-state index contributed by atoms with van der Waals surface area (Å²) >= 11 is 0. The topological polar surface area (TPSA) is 80.3 Å². The van der Waals surface area contributed by atoms with E-state index in [2.05, 4.69) is 5.32 Å². The molecule has 0 aliphatic heterocycles. The van der Waals surface area contributed by atoms with Crippen LogP contribution in [0.15, 0.2) is 29.2 Å². The van der Waals surface area contributed by atoms with Crippen LogP contribution in [0.25, 0.3) is 0 Å². The van der Waals surface area contributed by atoms with E-state index in [0.717, 1.165) is 0 Å². The number of para-hydroxylation sites is 1. The molecule has 1 amide bonds. The number of ketones is 1. The number of Topliss-reactive ketones (excluding diaryl/α,β-unsaturated/α-hetero) is 1. The molecule has 0 aromatic heterocycles. The lowest BCUT2D eigenvalue weighted by Crippen LogP contribution is -2.16. The van der Waals surface area contributed by atoms with E-state index in [1.165, 1.54) is 26.0 Å². The number of nitrogens with one attached hydrogen (secondary N) is 1. The minimum absolute atomic E-state index is 0.0367. The van der Waals surface area contributed by atoms with Gasteiger partial charge in [0.15, 0.2) is 9.84 Å². The normalized spacial score (nSPS) is 10.9. The van der Waals surface area contributed by atoms with Crippen molar-refractivity contribution in [1.29, 1.82) is 0 Å². The van der Waals surface area contributed by atoms with E-state index in [1.807, 2.05) is 0 Å². The summed E-state index contributed by atoms with van der Waals surface area (Å²) in [6.45, 7) is 2.49. The molecule has 0 unspecified atom stereocenters. The first-order chi connectivity index (χ1) is 7.83. The number of amides is 1. The van der Waals surface area contributed by atoms with Gasteiger partial charge in [-0.2, -0.15) is 0 Å². The molecule has 0 saturated carbocycles. The van der Waals surface area contributed by atoms with Crippen molar-refractivity contribution >= 4 is 27.2 Å². The first kappa shape index (κ1) is 13.4. The molecule has 1 aromatic rings. The van der Waals surface area contributed by atoms with Crippen molar-refractivity contribution in [1.82, 2.24) is 0 Å². The van der Waals surface area contributed by atoms with Crippen LogP contribution in [0.5, 0.6) is 0 Å². The molecule has 1 rings (SSSR count). The minimum atomic E-state index is -3.70. The average molecular weight is 255 g/mol. The van der Waals surface area contributed by atoms with Crippen molar-refractivity contribution < 1.29 is 18.0 Å². The number of benzene rings is 1. The van der Waals surface area contributed by atoms with Crippen LogP contribution in [0, 0.1) is 0 Å². The summed E-state index contributed by atoms with van der Waals surface area (Å²) in [5, 5.41) is 2.42. The lowest BCUT2D eigenvalue weighted by molar-refractivity contribution is -0.115. The second kappa shape index (κ2) is 5.09. The van der Waals surface area contributed by atoms with Gasteiger partial charge in [-0.05, 0) is 19.1 Å². The molecular weight excluding hydrogens is 242 g/mol. The molecule has 1 N–H and O–H groups in total. The van der Waals surface area contributed by atoms with Gasteiger partial charge in [-0.15, -0.1) is 0 Å². The van der Waals surface area contributed by atoms with Crippen molar-refractivity contribution in [3.63, 3.8) is 0 Å². The van der Waals surface area contributed by atoms with Gasteiger partial charge in [0.25, 0.3) is 0 Å². The SMILES string of the molecule is CC(=O)CS(=O)(=O)c1ccccc1NC(C)=O. The van der Waals surface area contributed by atoms with Gasteiger partial charge in [0.05, 0.1) is 10.6 Å². The highest BCUT2D eigenvalue weighted by Crippen LogP contribution is 2.22. The van der Waals surface area contributed by atoms with Gasteiger partial charge in [-0.1, -0.05) is 12.1 Å². The maximum Gasteiger partial charge on any atom is 0.221 e. The lowest BCUT2D eigenvalue weighted by Gasteiger charge is -2.09. The summed E-state index contributed by atoms with van der Waals surface area (Å²) in [7, 11) is -3.70. The molecule has 5 nitrogen and oxygen atoms in total. The van der Waals surface area contributed by atoms with Gasteiger partial charge in [-0.25, -0.2) is 8.42 Å². The third-order valence-electron chi connectivity index (χ3n) is 1.93. The Bertz CT molecular complexity index is 548. The summed E-state index contributed by atoms with van der Waals surface area (Å²) < 4.78 is 23.7. The maximum absolute atomic E-state index is 11.9. The van der Waals surface area contributed by atoms with E-state index in [0.29, 0.717) is 0 Å². The van der Waals surface area contributed by atoms with Crippen molar-refractivity contribution in [2.45, 2.75) is 18.7 Å². The zero-order valence-electron chi connectivity index (χ0n) is 9.56. The van der Waals surface area contributed by atoms with Crippen LogP contribution in [0.3, 0.4) is 0 Å². The smallest absolute Gasteiger partial charge is 0.221 e. The fourth-order valence-electron chi connectivity index (χ4n) is 1.38. The Hall–Kier alpha value is -1.69. The Morgan fingerprint density at radius 2 is 1.76 bits per heavy atom. The average Bonchev–Trinajstić information content (AvgIpc) is 2.15. The minimum Gasteiger partial charge on any atom is -0.325 e. The standard InChI is InChI=1S/C11H13NO4S/c1-8(13)7-17(15,16)11-6-4-3-5-10(11)12-9(2)14/h3-6H,7H2,1-2H3,(H,12,14).